The van der Waals surface area contributed by atoms with Gasteiger partial charge in [-0.1, -0.05) is 12.2 Å². The molecule has 18 heavy (non-hydrogen) atoms. The molecule has 0 aliphatic rings. The van der Waals surface area contributed by atoms with Crippen LogP contribution in [0.5, 0.6) is 0 Å². The van der Waals surface area contributed by atoms with Gasteiger partial charge in [-0.05, 0) is 12.5 Å². The van der Waals surface area contributed by atoms with Crippen LogP contribution in [0.3, 0.4) is 0 Å². The lowest BCUT2D eigenvalue weighted by Gasteiger charge is -2.19. The van der Waals surface area contributed by atoms with E-state index >= 15 is 0 Å². The summed E-state index contributed by atoms with van der Waals surface area (Å²) in [6.07, 6.45) is 2.57. The number of carbonyl (C=O) groups is 1. The number of nitrogens with two attached hydrogens (primary N) is 1. The van der Waals surface area contributed by atoms with Crippen molar-refractivity contribution in [2.24, 2.45) is 5.73 Å². The molecule has 0 radical (unpaired) electrons. The fourth-order valence-electron chi connectivity index (χ4n) is 1.47. The normalized spacial score (nSPS) is 9.89. The van der Waals surface area contributed by atoms with E-state index in [1.165, 1.54) is 7.11 Å². The molecular weight excluding hydrogens is 252 g/mol. The van der Waals surface area contributed by atoms with Crippen LogP contribution in [-0.4, -0.2) is 41.9 Å². The molecule has 0 atom stereocenters. The molecule has 98 valence electrons. The number of anilines is 1. The molecule has 0 saturated carbocycles. The second-order valence-corrected chi connectivity index (χ2v) is 4.17. The Morgan fingerprint density at radius 1 is 1.61 bits per heavy atom. The Morgan fingerprint density at radius 2 is 2.33 bits per heavy atom. The average Bonchev–Trinajstić information content (AvgIpc) is 2.38. The molecule has 0 amide bonds. The van der Waals surface area contributed by atoms with E-state index in [4.69, 9.17) is 18.0 Å². The lowest BCUT2D eigenvalue weighted by molar-refractivity contribution is -0.140. The number of nitrogens with zero attached hydrogens (tertiary/aromatic N) is 3. The number of hydrogen-bond acceptors (Lipinski definition) is 6. The zero-order valence-electron chi connectivity index (χ0n) is 10.4. The number of rotatable bonds is 6. The molecule has 6 nitrogen and oxygen atoms in total. The highest BCUT2D eigenvalue weighted by Gasteiger charge is 2.11. The van der Waals surface area contributed by atoms with E-state index in [2.05, 4.69) is 14.9 Å². The third kappa shape index (κ3) is 3.92. The first kappa shape index (κ1) is 14.3. The molecule has 0 fully saturated rings. The van der Waals surface area contributed by atoms with Gasteiger partial charge < -0.3 is 15.4 Å². The highest BCUT2D eigenvalue weighted by Crippen LogP contribution is 2.15. The van der Waals surface area contributed by atoms with Crippen molar-refractivity contribution in [3.63, 3.8) is 0 Å². The van der Waals surface area contributed by atoms with Gasteiger partial charge in [0, 0.05) is 20.0 Å². The molecule has 1 rings (SSSR count). The molecule has 0 bridgehead atoms. The smallest absolute Gasteiger partial charge is 0.305 e. The van der Waals surface area contributed by atoms with Gasteiger partial charge >= 0.3 is 5.97 Å². The molecule has 1 heterocycles. The largest absolute Gasteiger partial charge is 0.469 e. The van der Waals surface area contributed by atoms with Crippen LogP contribution in [0.25, 0.3) is 0 Å². The van der Waals surface area contributed by atoms with Crippen LogP contribution in [0.2, 0.25) is 0 Å². The molecule has 0 aromatic carbocycles. The number of esters is 1. The summed E-state index contributed by atoms with van der Waals surface area (Å²) < 4.78 is 4.57. The third-order valence-electron chi connectivity index (χ3n) is 2.43. The van der Waals surface area contributed by atoms with Crippen molar-refractivity contribution >= 4 is 29.0 Å². The summed E-state index contributed by atoms with van der Waals surface area (Å²) in [6.45, 7) is 0.642. The van der Waals surface area contributed by atoms with Crippen molar-refractivity contribution in [2.75, 3.05) is 25.6 Å². The quantitative estimate of drug-likeness (QED) is 0.594. The van der Waals surface area contributed by atoms with E-state index in [-0.39, 0.29) is 11.0 Å². The zero-order valence-corrected chi connectivity index (χ0v) is 11.2. The Kier molecular flexibility index (Phi) is 5.44. The van der Waals surface area contributed by atoms with E-state index in [9.17, 15) is 4.79 Å². The predicted octanol–water partition coefficient (Wildman–Crippen LogP) is 0.500. The number of aromatic nitrogens is 2. The van der Waals surface area contributed by atoms with Crippen molar-refractivity contribution < 1.29 is 9.53 Å². The van der Waals surface area contributed by atoms with E-state index < -0.39 is 0 Å². The van der Waals surface area contributed by atoms with Crippen molar-refractivity contribution in [3.05, 3.63) is 17.8 Å². The van der Waals surface area contributed by atoms with Gasteiger partial charge in [0.05, 0.1) is 18.9 Å². The molecule has 2 N–H and O–H groups in total. The monoisotopic (exact) mass is 268 g/mol. The maximum Gasteiger partial charge on any atom is 0.305 e. The highest BCUT2D eigenvalue weighted by atomic mass is 32.1. The van der Waals surface area contributed by atoms with Gasteiger partial charge in [-0.15, -0.1) is 5.10 Å². The molecule has 0 unspecified atom stereocenters. The zero-order chi connectivity index (χ0) is 13.5. The van der Waals surface area contributed by atoms with E-state index in [0.29, 0.717) is 30.8 Å². The first-order chi connectivity index (χ1) is 8.56. The van der Waals surface area contributed by atoms with Crippen LogP contribution in [0.4, 0.5) is 5.82 Å². The SMILES string of the molecule is COC(=O)CCCN(C)c1nnccc1C(N)=S. The molecule has 0 aliphatic heterocycles. The Hall–Kier alpha value is -1.76. The first-order valence-corrected chi connectivity index (χ1v) is 5.86. The maximum absolute atomic E-state index is 11.0. The van der Waals surface area contributed by atoms with E-state index in [0.717, 1.165) is 0 Å². The fraction of sp³-hybridized carbons (Fsp3) is 0.455. The van der Waals surface area contributed by atoms with Gasteiger partial charge in [-0.2, -0.15) is 5.10 Å². The van der Waals surface area contributed by atoms with Crippen molar-refractivity contribution in [1.29, 1.82) is 0 Å². The van der Waals surface area contributed by atoms with Crippen LogP contribution in [0, 0.1) is 0 Å². The van der Waals surface area contributed by atoms with Crippen LogP contribution in [-0.2, 0) is 9.53 Å². The molecule has 1 aromatic rings. The van der Waals surface area contributed by atoms with Crippen LogP contribution >= 0.6 is 12.2 Å². The molecule has 0 spiro atoms. The summed E-state index contributed by atoms with van der Waals surface area (Å²) in [6, 6.07) is 1.72. The molecule has 0 saturated heterocycles. The van der Waals surface area contributed by atoms with Gasteiger partial charge in [0.15, 0.2) is 5.82 Å². The maximum atomic E-state index is 11.0. The summed E-state index contributed by atoms with van der Waals surface area (Å²) in [5.74, 6) is 0.395. The van der Waals surface area contributed by atoms with Gasteiger partial charge in [0.25, 0.3) is 0 Å². The topological polar surface area (TPSA) is 81.3 Å². The number of thiocarbonyl (C=S) groups is 1. The summed E-state index contributed by atoms with van der Waals surface area (Å²) in [5.41, 5.74) is 6.29. The predicted molar refractivity (Wildman–Crippen MR) is 72.4 cm³/mol. The number of methoxy groups -OCH3 is 1. The summed E-state index contributed by atoms with van der Waals surface area (Å²) in [4.78, 5) is 13.1. The minimum Gasteiger partial charge on any atom is -0.469 e. The Balaban J connectivity index is 2.64. The Bertz CT molecular complexity index is 439. The Morgan fingerprint density at radius 3 is 2.94 bits per heavy atom. The minimum atomic E-state index is -0.225. The van der Waals surface area contributed by atoms with Crippen molar-refractivity contribution in [1.82, 2.24) is 10.2 Å². The lowest BCUT2D eigenvalue weighted by atomic mass is 10.2. The van der Waals surface area contributed by atoms with Gasteiger partial charge in [0.1, 0.15) is 4.99 Å². The summed E-state index contributed by atoms with van der Waals surface area (Å²) in [7, 11) is 3.22. The standard InChI is InChI=1S/C11H16N4O2S/c1-15(7-3-4-9(16)17-2)11-8(10(12)18)5-6-13-14-11/h5-6H,3-4,7H2,1-2H3,(H2,12,18). The Labute approximate surface area is 111 Å². The van der Waals surface area contributed by atoms with E-state index in [1.807, 2.05) is 11.9 Å². The van der Waals surface area contributed by atoms with Crippen molar-refractivity contribution in [2.45, 2.75) is 12.8 Å². The van der Waals surface area contributed by atoms with Gasteiger partial charge in [-0.25, -0.2) is 0 Å². The molecule has 1 aromatic heterocycles. The second kappa shape index (κ2) is 6.85. The average molecular weight is 268 g/mol. The third-order valence-corrected chi connectivity index (χ3v) is 2.65. The van der Waals surface area contributed by atoms with Crippen LogP contribution in [0.15, 0.2) is 12.3 Å². The number of hydrogen-bond donors (Lipinski definition) is 1. The van der Waals surface area contributed by atoms with Crippen LogP contribution in [0.1, 0.15) is 18.4 Å². The van der Waals surface area contributed by atoms with Crippen LogP contribution < -0.4 is 10.6 Å². The first-order valence-electron chi connectivity index (χ1n) is 5.45. The molecule has 0 aliphatic carbocycles. The fourth-order valence-corrected chi connectivity index (χ4v) is 1.63. The number of carbonyl (C=O) groups excluding carboxylic acids is 1. The molecule has 7 heteroatoms. The van der Waals surface area contributed by atoms with E-state index in [1.54, 1.807) is 12.3 Å². The lowest BCUT2D eigenvalue weighted by Crippen LogP contribution is -2.25. The second-order valence-electron chi connectivity index (χ2n) is 3.73. The van der Waals surface area contributed by atoms with Gasteiger partial charge in [-0.3, -0.25) is 4.79 Å². The van der Waals surface area contributed by atoms with Crippen molar-refractivity contribution in [3.8, 4) is 0 Å². The highest BCUT2D eigenvalue weighted by molar-refractivity contribution is 7.80. The molecular formula is C11H16N4O2S. The summed E-state index contributed by atoms with van der Waals surface area (Å²) in [5, 5.41) is 7.82. The van der Waals surface area contributed by atoms with Gasteiger partial charge in [0.2, 0.25) is 0 Å². The minimum absolute atomic E-state index is 0.225. The number of ether oxygens (including phenoxy) is 1. The summed E-state index contributed by atoms with van der Waals surface area (Å²) >= 11 is 4.95.